The van der Waals surface area contributed by atoms with Gasteiger partial charge in [-0.25, -0.2) is 0 Å². The van der Waals surface area contributed by atoms with Crippen molar-refractivity contribution < 1.29 is 39.2 Å². The summed E-state index contributed by atoms with van der Waals surface area (Å²) >= 11 is 0. The first-order chi connectivity index (χ1) is 15.8. The summed E-state index contributed by atoms with van der Waals surface area (Å²) in [7, 11) is 0. The summed E-state index contributed by atoms with van der Waals surface area (Å²) in [6.45, 7) is 5.40. The molecule has 4 rings (SSSR count). The number of esters is 1. The van der Waals surface area contributed by atoms with Gasteiger partial charge in [0.2, 0.25) is 5.78 Å². The number of rotatable bonds is 6. The minimum atomic E-state index is -1.74. The van der Waals surface area contributed by atoms with Gasteiger partial charge in [-0.1, -0.05) is 32.4 Å². The highest BCUT2D eigenvalue weighted by Crippen LogP contribution is 2.67. The van der Waals surface area contributed by atoms with Crippen LogP contribution in [0.3, 0.4) is 0 Å². The quantitative estimate of drug-likeness (QED) is 0.498. The second-order valence-electron chi connectivity index (χ2n) is 11.1. The smallest absolute Gasteiger partial charge is 0.306 e. The van der Waals surface area contributed by atoms with E-state index in [1.165, 1.54) is 0 Å². The lowest BCUT2D eigenvalue weighted by Crippen LogP contribution is -2.62. The van der Waals surface area contributed by atoms with Crippen LogP contribution in [0.4, 0.5) is 0 Å². The normalized spacial score (nSPS) is 42.8. The molecule has 4 aliphatic carbocycles. The van der Waals surface area contributed by atoms with Crippen LogP contribution in [-0.4, -0.2) is 57.1 Å². The first-order valence-corrected chi connectivity index (χ1v) is 12.1. The lowest BCUT2D eigenvalue weighted by atomic mass is 9.45. The Morgan fingerprint density at radius 1 is 1.21 bits per heavy atom. The van der Waals surface area contributed by atoms with Crippen molar-refractivity contribution in [2.45, 2.75) is 71.0 Å². The second-order valence-corrected chi connectivity index (χ2v) is 11.1. The number of carbonyl (C=O) groups is 4. The van der Waals surface area contributed by atoms with E-state index in [1.807, 2.05) is 13.0 Å². The maximum absolute atomic E-state index is 13.1. The molecule has 0 radical (unpaired) electrons. The van der Waals surface area contributed by atoms with Gasteiger partial charge in [0, 0.05) is 16.7 Å². The molecule has 34 heavy (non-hydrogen) atoms. The van der Waals surface area contributed by atoms with Gasteiger partial charge in [0.15, 0.2) is 12.4 Å². The third kappa shape index (κ3) is 3.66. The molecular weight excluding hydrogens is 440 g/mol. The van der Waals surface area contributed by atoms with E-state index in [0.717, 1.165) is 12.0 Å². The largest absolute Gasteiger partial charge is 0.481 e. The average molecular weight is 475 g/mol. The van der Waals surface area contributed by atoms with Crippen LogP contribution in [-0.2, 0) is 23.9 Å². The molecule has 0 amide bonds. The van der Waals surface area contributed by atoms with Crippen LogP contribution in [0, 0.1) is 34.5 Å². The fourth-order valence-corrected chi connectivity index (χ4v) is 7.76. The summed E-state index contributed by atoms with van der Waals surface area (Å²) in [5, 5.41) is 31.7. The molecule has 0 aromatic rings. The number of carbonyl (C=O) groups excluding carboxylic acids is 3. The van der Waals surface area contributed by atoms with E-state index in [-0.39, 0.29) is 55.1 Å². The number of carboxylic acid groups (broad SMARTS) is 1. The van der Waals surface area contributed by atoms with E-state index >= 15 is 0 Å². The highest BCUT2D eigenvalue weighted by atomic mass is 16.5. The molecule has 3 N–H and O–H groups in total. The van der Waals surface area contributed by atoms with Crippen molar-refractivity contribution in [2.24, 2.45) is 34.5 Å². The van der Waals surface area contributed by atoms with Crippen LogP contribution in [0.5, 0.6) is 0 Å². The standard InChI is InChI=1S/C26H34O8/c1-14-10-16-17-7-9-26(33,20(29)13-34-22(32)5-4-21(30)31)25(17,3)12-19(28)23(16)24(2)8-6-15(27)11-18(14)24/h6,8,11,14,16-17,19,23,28,33H,4-5,7,9-10,12-13H2,1-3H3,(H,30,31)/t14-,16+,17-,19-,23-,24-,25-,26-/m0/s1. The Labute approximate surface area is 199 Å². The molecular formula is C26H34O8. The summed E-state index contributed by atoms with van der Waals surface area (Å²) in [5.74, 6) is -2.51. The van der Waals surface area contributed by atoms with E-state index in [1.54, 1.807) is 12.2 Å². The van der Waals surface area contributed by atoms with Gasteiger partial charge in [-0.2, -0.15) is 0 Å². The number of carboxylic acids is 1. The van der Waals surface area contributed by atoms with Gasteiger partial charge in [-0.15, -0.1) is 0 Å². The van der Waals surface area contributed by atoms with E-state index in [0.29, 0.717) is 6.42 Å². The molecule has 8 nitrogen and oxygen atoms in total. The van der Waals surface area contributed by atoms with E-state index < -0.39 is 46.9 Å². The monoisotopic (exact) mass is 474 g/mol. The second kappa shape index (κ2) is 8.41. The summed E-state index contributed by atoms with van der Waals surface area (Å²) in [6.07, 6.45) is 5.52. The molecule has 8 atom stereocenters. The number of hydrogen-bond acceptors (Lipinski definition) is 7. The zero-order valence-electron chi connectivity index (χ0n) is 20.0. The van der Waals surface area contributed by atoms with Crippen molar-refractivity contribution in [3.63, 3.8) is 0 Å². The Hall–Kier alpha value is -2.32. The van der Waals surface area contributed by atoms with Crippen LogP contribution < -0.4 is 0 Å². The topological polar surface area (TPSA) is 138 Å². The number of aliphatic hydroxyl groups excluding tert-OH is 1. The van der Waals surface area contributed by atoms with Crippen molar-refractivity contribution in [2.75, 3.05) is 6.61 Å². The van der Waals surface area contributed by atoms with Crippen molar-refractivity contribution in [3.05, 3.63) is 23.8 Å². The molecule has 0 bridgehead atoms. The number of aliphatic carboxylic acids is 1. The van der Waals surface area contributed by atoms with E-state index in [9.17, 15) is 29.4 Å². The maximum atomic E-state index is 13.1. The Morgan fingerprint density at radius 3 is 2.59 bits per heavy atom. The highest BCUT2D eigenvalue weighted by molar-refractivity contribution is 6.01. The predicted octanol–water partition coefficient (Wildman–Crippen LogP) is 2.22. The molecule has 3 saturated carbocycles. The molecule has 0 heterocycles. The molecule has 0 unspecified atom stereocenters. The van der Waals surface area contributed by atoms with Gasteiger partial charge in [0.25, 0.3) is 0 Å². The molecule has 8 heteroatoms. The lowest BCUT2D eigenvalue weighted by molar-refractivity contribution is -0.182. The summed E-state index contributed by atoms with van der Waals surface area (Å²) in [6, 6.07) is 0. The van der Waals surface area contributed by atoms with Gasteiger partial charge in [0.05, 0.1) is 18.9 Å². The number of fused-ring (bicyclic) bond motifs is 5. The third-order valence-electron chi connectivity index (χ3n) is 9.34. The minimum absolute atomic E-state index is 0.00980. The summed E-state index contributed by atoms with van der Waals surface area (Å²) < 4.78 is 4.98. The fourth-order valence-electron chi connectivity index (χ4n) is 7.76. The van der Waals surface area contributed by atoms with Gasteiger partial charge in [-0.05, 0) is 55.6 Å². The molecule has 0 saturated heterocycles. The van der Waals surface area contributed by atoms with Crippen LogP contribution in [0.25, 0.3) is 0 Å². The molecule has 186 valence electrons. The van der Waals surface area contributed by atoms with Crippen LogP contribution in [0.1, 0.15) is 59.3 Å². The van der Waals surface area contributed by atoms with E-state index in [2.05, 4.69) is 13.8 Å². The minimum Gasteiger partial charge on any atom is -0.481 e. The number of allylic oxidation sites excluding steroid dienone is 4. The van der Waals surface area contributed by atoms with Crippen molar-refractivity contribution in [1.82, 2.24) is 0 Å². The van der Waals surface area contributed by atoms with Crippen molar-refractivity contribution in [3.8, 4) is 0 Å². The van der Waals surface area contributed by atoms with Crippen molar-refractivity contribution >= 4 is 23.5 Å². The predicted molar refractivity (Wildman–Crippen MR) is 120 cm³/mol. The van der Waals surface area contributed by atoms with Crippen LogP contribution in [0.15, 0.2) is 23.8 Å². The lowest BCUT2D eigenvalue weighted by Gasteiger charge is -2.60. The summed E-state index contributed by atoms with van der Waals surface area (Å²) in [5.41, 5.74) is -2.04. The van der Waals surface area contributed by atoms with Crippen molar-refractivity contribution in [1.29, 1.82) is 0 Å². The zero-order chi connectivity index (χ0) is 25.1. The van der Waals surface area contributed by atoms with Gasteiger partial charge >= 0.3 is 11.9 Å². The van der Waals surface area contributed by atoms with Crippen LogP contribution >= 0.6 is 0 Å². The zero-order valence-corrected chi connectivity index (χ0v) is 20.0. The molecule has 0 aromatic carbocycles. The Kier molecular flexibility index (Phi) is 6.13. The number of ether oxygens (including phenoxy) is 1. The van der Waals surface area contributed by atoms with Gasteiger partial charge in [0.1, 0.15) is 5.60 Å². The Bertz CT molecular complexity index is 981. The Balaban J connectivity index is 1.56. The molecule has 0 aromatic heterocycles. The molecule has 0 aliphatic heterocycles. The van der Waals surface area contributed by atoms with Gasteiger partial charge in [-0.3, -0.25) is 19.2 Å². The molecule has 0 spiro atoms. The fraction of sp³-hybridized carbons (Fsp3) is 0.692. The van der Waals surface area contributed by atoms with Gasteiger partial charge < -0.3 is 20.1 Å². The average Bonchev–Trinajstić information content (AvgIpc) is 3.03. The maximum Gasteiger partial charge on any atom is 0.306 e. The number of Topliss-reactive ketones (excluding diaryl/α,β-unsaturated/α-hetero) is 1. The molecule has 3 fully saturated rings. The summed E-state index contributed by atoms with van der Waals surface area (Å²) in [4.78, 5) is 47.7. The molecule has 4 aliphatic rings. The third-order valence-corrected chi connectivity index (χ3v) is 9.34. The SMILES string of the molecule is C[C@H]1C[C@H]2[C@@H]([C@@H](O)C[C@@]3(C)[C@H]2CC[C@]3(O)C(=O)COC(=O)CCC(=O)O)[C@@]2(C)C=CC(=O)C=C12. The Morgan fingerprint density at radius 2 is 1.91 bits per heavy atom. The number of hydrogen-bond donors (Lipinski definition) is 3. The van der Waals surface area contributed by atoms with Crippen LogP contribution in [0.2, 0.25) is 0 Å². The first kappa shape index (κ1) is 24.8. The highest BCUT2D eigenvalue weighted by Gasteiger charge is 2.68. The number of aliphatic hydroxyl groups is 2. The first-order valence-electron chi connectivity index (χ1n) is 12.1. The number of ketones is 2. The van der Waals surface area contributed by atoms with E-state index in [4.69, 9.17) is 9.84 Å².